The third kappa shape index (κ3) is 5.30. The normalized spacial score (nSPS) is 10.5. The summed E-state index contributed by atoms with van der Waals surface area (Å²) in [7, 11) is 0. The van der Waals surface area contributed by atoms with Crippen LogP contribution in [0.2, 0.25) is 10.0 Å². The lowest BCUT2D eigenvalue weighted by atomic mass is 10.0. The van der Waals surface area contributed by atoms with Crippen LogP contribution in [0.1, 0.15) is 27.2 Å². The molecule has 1 heterocycles. The first kappa shape index (κ1) is 22.3. The highest BCUT2D eigenvalue weighted by Gasteiger charge is 2.13. The van der Waals surface area contributed by atoms with Gasteiger partial charge in [-0.15, -0.1) is 12.4 Å². The fourth-order valence-corrected chi connectivity index (χ4v) is 3.41. The second-order valence-electron chi connectivity index (χ2n) is 6.21. The lowest BCUT2D eigenvalue weighted by molar-refractivity contribution is 0.0696. The van der Waals surface area contributed by atoms with Crippen LogP contribution in [-0.4, -0.2) is 17.6 Å². The summed E-state index contributed by atoms with van der Waals surface area (Å²) in [6.45, 7) is 3.10. The highest BCUT2D eigenvalue weighted by molar-refractivity contribution is 6.35. The SMILES string of the molecule is Cc1c(C(=O)O)cccc1-c1ccc(CNCCc2ccc(Cl)cc2Cl)o1.Cl. The Hall–Kier alpha value is -1.98. The topological polar surface area (TPSA) is 62.5 Å². The third-order valence-corrected chi connectivity index (χ3v) is 4.96. The summed E-state index contributed by atoms with van der Waals surface area (Å²) in [5.41, 5.74) is 2.79. The summed E-state index contributed by atoms with van der Waals surface area (Å²) in [5, 5.41) is 13.9. The number of benzene rings is 2. The number of furan rings is 1. The van der Waals surface area contributed by atoms with Crippen molar-refractivity contribution in [2.24, 2.45) is 0 Å². The van der Waals surface area contributed by atoms with Crippen LogP contribution in [0.3, 0.4) is 0 Å². The van der Waals surface area contributed by atoms with Gasteiger partial charge in [0.05, 0.1) is 12.1 Å². The maximum Gasteiger partial charge on any atom is 0.335 e. The zero-order valence-electron chi connectivity index (χ0n) is 15.2. The van der Waals surface area contributed by atoms with Gasteiger partial charge >= 0.3 is 5.97 Å². The van der Waals surface area contributed by atoms with Crippen molar-refractivity contribution >= 4 is 41.6 Å². The molecule has 0 unspecified atom stereocenters. The van der Waals surface area contributed by atoms with Gasteiger partial charge in [0.1, 0.15) is 11.5 Å². The van der Waals surface area contributed by atoms with Crippen molar-refractivity contribution in [3.05, 3.63) is 81.0 Å². The van der Waals surface area contributed by atoms with E-state index < -0.39 is 5.97 Å². The number of hydrogen-bond acceptors (Lipinski definition) is 3. The quantitative estimate of drug-likeness (QED) is 0.441. The van der Waals surface area contributed by atoms with Crippen LogP contribution in [0.25, 0.3) is 11.3 Å². The molecule has 0 fully saturated rings. The number of hydrogen-bond donors (Lipinski definition) is 2. The maximum atomic E-state index is 11.3. The van der Waals surface area contributed by atoms with Crippen molar-refractivity contribution in [2.75, 3.05) is 6.54 Å². The summed E-state index contributed by atoms with van der Waals surface area (Å²) in [6.07, 6.45) is 0.781. The Bertz CT molecular complexity index is 969. The highest BCUT2D eigenvalue weighted by Crippen LogP contribution is 2.27. The van der Waals surface area contributed by atoms with Gasteiger partial charge in [0.25, 0.3) is 0 Å². The molecule has 0 aliphatic rings. The van der Waals surface area contributed by atoms with Crippen molar-refractivity contribution in [2.45, 2.75) is 19.9 Å². The van der Waals surface area contributed by atoms with Gasteiger partial charge < -0.3 is 14.8 Å². The first-order valence-electron chi connectivity index (χ1n) is 8.52. The molecule has 0 bridgehead atoms. The molecular formula is C21H20Cl3NO3. The number of rotatable bonds is 7. The number of carboxylic acid groups (broad SMARTS) is 1. The van der Waals surface area contributed by atoms with Crippen molar-refractivity contribution in [3.8, 4) is 11.3 Å². The van der Waals surface area contributed by atoms with Crippen molar-refractivity contribution < 1.29 is 14.3 Å². The van der Waals surface area contributed by atoms with Gasteiger partial charge in [-0.05, 0) is 61.3 Å². The predicted octanol–water partition coefficient (Wildman–Crippen LogP) is 6.01. The first-order chi connectivity index (χ1) is 13.0. The Morgan fingerprint density at radius 2 is 1.93 bits per heavy atom. The van der Waals surface area contributed by atoms with E-state index in [2.05, 4.69) is 5.32 Å². The molecule has 0 aliphatic heterocycles. The molecule has 1 aromatic heterocycles. The lowest BCUT2D eigenvalue weighted by Crippen LogP contribution is -2.16. The minimum atomic E-state index is -0.941. The van der Waals surface area contributed by atoms with E-state index in [1.807, 2.05) is 30.3 Å². The van der Waals surface area contributed by atoms with Gasteiger partial charge in [-0.2, -0.15) is 0 Å². The minimum Gasteiger partial charge on any atom is -0.478 e. The van der Waals surface area contributed by atoms with E-state index in [9.17, 15) is 9.90 Å². The molecule has 0 aliphatic carbocycles. The van der Waals surface area contributed by atoms with E-state index in [1.54, 1.807) is 25.1 Å². The number of carboxylic acids is 1. The molecule has 28 heavy (non-hydrogen) atoms. The Labute approximate surface area is 179 Å². The van der Waals surface area contributed by atoms with Crippen LogP contribution in [0.4, 0.5) is 0 Å². The maximum absolute atomic E-state index is 11.3. The fraction of sp³-hybridized carbons (Fsp3) is 0.190. The largest absolute Gasteiger partial charge is 0.478 e. The molecule has 7 heteroatoms. The molecule has 0 saturated heterocycles. The van der Waals surface area contributed by atoms with Crippen LogP contribution >= 0.6 is 35.6 Å². The average Bonchev–Trinajstić information content (AvgIpc) is 3.09. The predicted molar refractivity (Wildman–Crippen MR) is 115 cm³/mol. The van der Waals surface area contributed by atoms with Gasteiger partial charge in [-0.3, -0.25) is 0 Å². The Morgan fingerprint density at radius 3 is 2.64 bits per heavy atom. The summed E-state index contributed by atoms with van der Waals surface area (Å²) >= 11 is 12.1. The van der Waals surface area contributed by atoms with E-state index in [0.29, 0.717) is 27.9 Å². The molecule has 4 nitrogen and oxygen atoms in total. The zero-order chi connectivity index (χ0) is 19.4. The molecule has 0 atom stereocenters. The summed E-state index contributed by atoms with van der Waals surface area (Å²) in [4.78, 5) is 11.3. The fourth-order valence-electron chi connectivity index (χ4n) is 2.91. The van der Waals surface area contributed by atoms with E-state index in [4.69, 9.17) is 27.6 Å². The number of halogens is 3. The first-order valence-corrected chi connectivity index (χ1v) is 9.28. The molecule has 2 aromatic carbocycles. The Morgan fingerprint density at radius 1 is 1.14 bits per heavy atom. The van der Waals surface area contributed by atoms with E-state index in [-0.39, 0.29) is 18.0 Å². The molecule has 0 radical (unpaired) electrons. The standard InChI is InChI=1S/C21H19Cl2NO3.ClH/c1-13-17(3-2-4-18(13)21(25)26)20-8-7-16(27-20)12-24-10-9-14-5-6-15(22)11-19(14)23;/h2-8,11,24H,9-10,12H2,1H3,(H,25,26);1H. The lowest BCUT2D eigenvalue weighted by Gasteiger charge is -2.07. The van der Waals surface area contributed by atoms with Crippen LogP contribution in [-0.2, 0) is 13.0 Å². The van der Waals surface area contributed by atoms with E-state index >= 15 is 0 Å². The third-order valence-electron chi connectivity index (χ3n) is 4.38. The number of carbonyl (C=O) groups is 1. The number of aromatic carboxylic acids is 1. The Balaban J connectivity index is 0.00000280. The van der Waals surface area contributed by atoms with Crippen LogP contribution < -0.4 is 5.32 Å². The second-order valence-corrected chi connectivity index (χ2v) is 7.06. The molecule has 3 rings (SSSR count). The number of nitrogens with one attached hydrogen (secondary N) is 1. The van der Waals surface area contributed by atoms with Gasteiger partial charge in [0.15, 0.2) is 0 Å². The molecule has 148 valence electrons. The Kier molecular flexibility index (Phi) is 7.96. The molecular weight excluding hydrogens is 421 g/mol. The molecule has 0 spiro atoms. The van der Waals surface area contributed by atoms with Crippen LogP contribution in [0.5, 0.6) is 0 Å². The summed E-state index contributed by atoms with van der Waals surface area (Å²) in [6, 6.07) is 14.4. The smallest absolute Gasteiger partial charge is 0.335 e. The van der Waals surface area contributed by atoms with E-state index in [0.717, 1.165) is 29.9 Å². The minimum absolute atomic E-state index is 0. The van der Waals surface area contributed by atoms with Crippen molar-refractivity contribution in [1.29, 1.82) is 0 Å². The van der Waals surface area contributed by atoms with Gasteiger partial charge in [-0.25, -0.2) is 4.79 Å². The summed E-state index contributed by atoms with van der Waals surface area (Å²) in [5.74, 6) is 0.504. The average molecular weight is 441 g/mol. The van der Waals surface area contributed by atoms with Gasteiger partial charge in [-0.1, -0.05) is 41.4 Å². The van der Waals surface area contributed by atoms with Crippen LogP contribution in [0, 0.1) is 6.92 Å². The molecule has 3 aromatic rings. The highest BCUT2D eigenvalue weighted by atomic mass is 35.5. The zero-order valence-corrected chi connectivity index (χ0v) is 17.5. The van der Waals surface area contributed by atoms with E-state index in [1.165, 1.54) is 0 Å². The monoisotopic (exact) mass is 439 g/mol. The molecule has 0 saturated carbocycles. The van der Waals surface area contributed by atoms with Crippen molar-refractivity contribution in [3.63, 3.8) is 0 Å². The molecule has 2 N–H and O–H groups in total. The second kappa shape index (κ2) is 9.99. The van der Waals surface area contributed by atoms with Crippen LogP contribution in [0.15, 0.2) is 52.9 Å². The summed E-state index contributed by atoms with van der Waals surface area (Å²) < 4.78 is 5.88. The molecule has 0 amide bonds. The van der Waals surface area contributed by atoms with Gasteiger partial charge in [0, 0.05) is 15.6 Å². The van der Waals surface area contributed by atoms with Gasteiger partial charge in [0.2, 0.25) is 0 Å². The van der Waals surface area contributed by atoms with Crippen molar-refractivity contribution in [1.82, 2.24) is 5.32 Å².